The first-order chi connectivity index (χ1) is 34.1. The zero-order valence-electron chi connectivity index (χ0n) is 43.4. The third-order valence-electron chi connectivity index (χ3n) is 14.7. The molecule has 9 aromatic carbocycles. The fourth-order valence-electron chi connectivity index (χ4n) is 11.7. The van der Waals surface area contributed by atoms with Gasteiger partial charge in [-0.2, -0.15) is 0 Å². The molecule has 0 radical (unpaired) electrons. The summed E-state index contributed by atoms with van der Waals surface area (Å²) in [6, 6.07) is 65.9. The highest BCUT2D eigenvalue weighted by atomic mass is 28.3. The first-order valence-corrected chi connectivity index (χ1v) is 25.3. The average molecular weight is 871 g/mol. The lowest BCUT2D eigenvalue weighted by atomic mass is 9.60. The summed E-state index contributed by atoms with van der Waals surface area (Å²) < 4.78 is 46.5. The van der Waals surface area contributed by atoms with E-state index in [1.54, 1.807) is 0 Å². The van der Waals surface area contributed by atoms with Crippen LogP contribution in [0, 0.1) is 0 Å². The smallest absolute Gasteiger partial charge is 0.179 e. The van der Waals surface area contributed by atoms with Crippen LogP contribution in [0.1, 0.15) is 105 Å². The Hall–Kier alpha value is -7.00. The van der Waals surface area contributed by atoms with Crippen molar-refractivity contribution in [3.63, 3.8) is 0 Å². The minimum Gasteiger partial charge on any atom is -0.309 e. The molecule has 3 aliphatic rings. The van der Waals surface area contributed by atoms with E-state index < -0.39 is 14.1 Å². The monoisotopic (exact) mass is 870 g/mol. The van der Waals surface area contributed by atoms with Gasteiger partial charge in [-0.15, -0.1) is 0 Å². The maximum Gasteiger partial charge on any atom is 0.179 e. The summed E-state index contributed by atoms with van der Waals surface area (Å²) in [7, 11) is -3.38. The SMILES string of the molecule is [2H]c1c([2H])c([2H])c(-c2cccc([Si](c3ccccc3)(c3ccccc3)c3cccc4c3C3c5ccccc5C4c4cccc(-n5c6ccc(C(C)(C)C)cc6c6cc(C(C)(C)C)ccc65)c43)c2)c([2H])c1[2H]. The zero-order valence-corrected chi connectivity index (χ0v) is 39.4. The van der Waals surface area contributed by atoms with Crippen molar-refractivity contribution in [2.75, 3.05) is 0 Å². The summed E-state index contributed by atoms with van der Waals surface area (Å²) in [6.07, 6.45) is 0. The van der Waals surface area contributed by atoms with Crippen molar-refractivity contribution in [1.29, 1.82) is 0 Å². The average Bonchev–Trinajstić information content (AvgIpc) is 3.71. The van der Waals surface area contributed by atoms with E-state index in [1.165, 1.54) is 87.6 Å². The van der Waals surface area contributed by atoms with Crippen molar-refractivity contribution in [3.8, 4) is 16.8 Å². The van der Waals surface area contributed by atoms with Gasteiger partial charge < -0.3 is 4.57 Å². The Balaban J connectivity index is 1.19. The van der Waals surface area contributed by atoms with Gasteiger partial charge in [-0.05, 0) is 118 Å². The molecule has 1 nitrogen and oxygen atoms in total. The number of fused-ring (bicyclic) bond motifs is 3. The summed E-state index contributed by atoms with van der Waals surface area (Å²) in [5.74, 6) is -0.155. The molecule has 2 bridgehead atoms. The lowest BCUT2D eigenvalue weighted by Gasteiger charge is -2.47. The van der Waals surface area contributed by atoms with Crippen molar-refractivity contribution < 1.29 is 6.85 Å². The number of benzene rings is 9. The normalized spacial score (nSPS) is 16.5. The highest BCUT2D eigenvalue weighted by Gasteiger charge is 2.50. The molecule has 0 aliphatic heterocycles. The van der Waals surface area contributed by atoms with Crippen molar-refractivity contribution >= 4 is 50.6 Å². The molecule has 2 heteroatoms. The molecule has 2 unspecified atom stereocenters. The molecule has 0 amide bonds. The quantitative estimate of drug-likeness (QED) is 0.116. The van der Waals surface area contributed by atoms with Gasteiger partial charge >= 0.3 is 0 Å². The van der Waals surface area contributed by atoms with E-state index in [9.17, 15) is 0 Å². The number of nitrogens with zero attached hydrogens (tertiary/aromatic N) is 1. The Bertz CT molecular complexity index is 3660. The molecule has 320 valence electrons. The van der Waals surface area contributed by atoms with E-state index in [4.69, 9.17) is 6.85 Å². The molecular weight excluding hydrogens is 811 g/mol. The van der Waals surface area contributed by atoms with Crippen LogP contribution in [0.2, 0.25) is 0 Å². The van der Waals surface area contributed by atoms with Crippen LogP contribution in [0.3, 0.4) is 0 Å². The molecule has 1 aromatic heterocycles. The predicted molar refractivity (Wildman–Crippen MR) is 282 cm³/mol. The maximum absolute atomic E-state index is 9.10. The van der Waals surface area contributed by atoms with Crippen molar-refractivity contribution in [2.24, 2.45) is 0 Å². The van der Waals surface area contributed by atoms with Crippen LogP contribution in [0.4, 0.5) is 0 Å². The molecular formula is C64H55NSi. The van der Waals surface area contributed by atoms with E-state index in [0.717, 1.165) is 5.19 Å². The van der Waals surface area contributed by atoms with Gasteiger partial charge in [0.05, 0.1) is 23.6 Å². The minimum absolute atomic E-state index is 0.0233. The Kier molecular flexibility index (Phi) is 8.03. The van der Waals surface area contributed by atoms with Crippen LogP contribution >= 0.6 is 0 Å². The third-order valence-corrected chi connectivity index (χ3v) is 19.5. The molecule has 66 heavy (non-hydrogen) atoms. The number of hydrogen-bond acceptors (Lipinski definition) is 0. The van der Waals surface area contributed by atoms with E-state index in [2.05, 4.69) is 216 Å². The van der Waals surface area contributed by atoms with Gasteiger partial charge in [-0.1, -0.05) is 223 Å². The van der Waals surface area contributed by atoms with Crippen LogP contribution < -0.4 is 20.7 Å². The van der Waals surface area contributed by atoms with Crippen molar-refractivity contribution in [2.45, 2.75) is 64.2 Å². The second-order valence-corrected chi connectivity index (χ2v) is 24.2. The largest absolute Gasteiger partial charge is 0.309 e. The van der Waals surface area contributed by atoms with Crippen LogP contribution in [-0.2, 0) is 10.8 Å². The van der Waals surface area contributed by atoms with E-state index >= 15 is 0 Å². The minimum atomic E-state index is -3.38. The van der Waals surface area contributed by atoms with E-state index in [1.807, 2.05) is 12.1 Å². The summed E-state index contributed by atoms with van der Waals surface area (Å²) in [5, 5.41) is 7.28. The molecule has 2 atom stereocenters. The third kappa shape index (κ3) is 6.04. The molecule has 13 rings (SSSR count). The topological polar surface area (TPSA) is 4.93 Å². The Morgan fingerprint density at radius 1 is 0.424 bits per heavy atom. The van der Waals surface area contributed by atoms with Gasteiger partial charge in [0.2, 0.25) is 0 Å². The molecule has 0 N–H and O–H groups in total. The highest BCUT2D eigenvalue weighted by Crippen LogP contribution is 2.57. The second-order valence-electron chi connectivity index (χ2n) is 20.4. The number of rotatable bonds is 6. The molecule has 1 heterocycles. The second kappa shape index (κ2) is 15.0. The van der Waals surface area contributed by atoms with E-state index in [-0.39, 0.29) is 52.4 Å². The van der Waals surface area contributed by atoms with Gasteiger partial charge in [-0.3, -0.25) is 0 Å². The number of aromatic nitrogens is 1. The van der Waals surface area contributed by atoms with Gasteiger partial charge in [0.15, 0.2) is 8.07 Å². The predicted octanol–water partition coefficient (Wildman–Crippen LogP) is 13.4. The lowest BCUT2D eigenvalue weighted by Crippen LogP contribution is -2.75. The fraction of sp³-hybridized carbons (Fsp3) is 0.156. The Morgan fingerprint density at radius 2 is 0.924 bits per heavy atom. The molecule has 0 fully saturated rings. The van der Waals surface area contributed by atoms with Crippen molar-refractivity contribution in [3.05, 3.63) is 257 Å². The molecule has 3 aliphatic carbocycles. The van der Waals surface area contributed by atoms with Gasteiger partial charge in [0.25, 0.3) is 0 Å². The first kappa shape index (κ1) is 35.3. The first-order valence-electron chi connectivity index (χ1n) is 25.8. The fourth-order valence-corrected chi connectivity index (χ4v) is 16.7. The molecule has 0 spiro atoms. The van der Waals surface area contributed by atoms with E-state index in [0.29, 0.717) is 5.56 Å². The molecule has 10 aromatic rings. The Labute approximate surface area is 398 Å². The molecule has 0 saturated carbocycles. The summed E-state index contributed by atoms with van der Waals surface area (Å²) >= 11 is 0. The van der Waals surface area contributed by atoms with Crippen LogP contribution in [-0.4, -0.2) is 12.6 Å². The standard InChI is InChI=1S/C64H55NSi/c1-63(2,3)44-35-37-55-53(40-44)54-41-45(64(4,5)6)36-38-56(54)65(55)57-33-19-31-51-59-49-29-16-17-30-50(49)62(60(51)57)61-52(59)32-20-34-58(61)66(46-24-12-8-13-25-46,47-26-14-9-15-27-47)48-28-18-23-43(39-48)42-21-10-7-11-22-42/h7-41,59,62H,1-6H3/i7D,10D,11D,21D,22D. The van der Waals surface area contributed by atoms with Gasteiger partial charge in [0, 0.05) is 22.6 Å². The molecule has 0 saturated heterocycles. The summed E-state index contributed by atoms with van der Waals surface area (Å²) in [4.78, 5) is 0. The van der Waals surface area contributed by atoms with Crippen LogP contribution in [0.25, 0.3) is 38.6 Å². The zero-order chi connectivity index (χ0) is 49.3. The Morgan fingerprint density at radius 3 is 1.52 bits per heavy atom. The summed E-state index contributed by atoms with van der Waals surface area (Å²) in [5.41, 5.74) is 14.9. The van der Waals surface area contributed by atoms with Gasteiger partial charge in [0.1, 0.15) is 0 Å². The number of hydrogen-bond donors (Lipinski definition) is 0. The van der Waals surface area contributed by atoms with Crippen molar-refractivity contribution in [1.82, 2.24) is 4.57 Å². The van der Waals surface area contributed by atoms with Crippen LogP contribution in [0.5, 0.6) is 0 Å². The van der Waals surface area contributed by atoms with Gasteiger partial charge in [-0.25, -0.2) is 0 Å². The lowest BCUT2D eigenvalue weighted by molar-refractivity contribution is 0.590. The van der Waals surface area contributed by atoms with Crippen LogP contribution in [0.15, 0.2) is 212 Å². The maximum atomic E-state index is 9.10. The summed E-state index contributed by atoms with van der Waals surface area (Å²) in [6.45, 7) is 13.8. The highest BCUT2D eigenvalue weighted by molar-refractivity contribution is 7.20.